The third-order valence-electron chi connectivity index (χ3n) is 6.02. The highest BCUT2D eigenvalue weighted by molar-refractivity contribution is 6.01. The number of pyridine rings is 2. The molecule has 0 fully saturated rings. The Morgan fingerprint density at radius 2 is 1.78 bits per heavy atom. The van der Waals surface area contributed by atoms with Gasteiger partial charge in [0.2, 0.25) is 0 Å². The van der Waals surface area contributed by atoms with Crippen molar-refractivity contribution in [3.05, 3.63) is 78.9 Å². The van der Waals surface area contributed by atoms with Gasteiger partial charge in [0.05, 0.1) is 34.8 Å². The van der Waals surface area contributed by atoms with Crippen molar-refractivity contribution >= 4 is 33.1 Å². The van der Waals surface area contributed by atoms with E-state index < -0.39 is 0 Å². The summed E-state index contributed by atoms with van der Waals surface area (Å²) in [5, 5.41) is 10.0. The lowest BCUT2D eigenvalue weighted by Gasteiger charge is -2.13. The van der Waals surface area contributed by atoms with Crippen molar-refractivity contribution in [3.63, 3.8) is 0 Å². The molecule has 0 atom stereocenters. The molecule has 4 aromatic heterocycles. The van der Waals surface area contributed by atoms with Crippen LogP contribution in [0, 0.1) is 0 Å². The Morgan fingerprint density at radius 1 is 0.875 bits per heavy atom. The van der Waals surface area contributed by atoms with Crippen LogP contribution < -0.4 is 4.90 Å². The van der Waals surface area contributed by atoms with Crippen molar-refractivity contribution in [1.82, 2.24) is 25.1 Å². The molecule has 6 nitrogen and oxygen atoms in total. The number of nitrogens with one attached hydrogen (secondary N) is 2. The summed E-state index contributed by atoms with van der Waals surface area (Å²) in [4.78, 5) is 14.4. The van der Waals surface area contributed by atoms with Gasteiger partial charge in [0.15, 0.2) is 0 Å². The molecule has 32 heavy (non-hydrogen) atoms. The van der Waals surface area contributed by atoms with Crippen LogP contribution in [0.15, 0.2) is 73.3 Å². The number of nitrogens with zero attached hydrogens (tertiary/aromatic N) is 4. The van der Waals surface area contributed by atoms with Crippen molar-refractivity contribution in [2.45, 2.75) is 6.42 Å². The molecule has 2 N–H and O–H groups in total. The van der Waals surface area contributed by atoms with Crippen LogP contribution in [-0.4, -0.2) is 39.2 Å². The van der Waals surface area contributed by atoms with Crippen molar-refractivity contribution < 1.29 is 0 Å². The second-order valence-corrected chi connectivity index (χ2v) is 8.29. The quantitative estimate of drug-likeness (QED) is 0.400. The molecule has 0 saturated heterocycles. The molecule has 0 amide bonds. The minimum Gasteiger partial charge on any atom is -0.376 e. The van der Waals surface area contributed by atoms with Gasteiger partial charge in [-0.1, -0.05) is 24.3 Å². The first-order chi connectivity index (χ1) is 15.7. The van der Waals surface area contributed by atoms with Crippen LogP contribution in [0.25, 0.3) is 49.9 Å². The standard InChI is InChI=1S/C26H22N6/c1-32(2)19-9-18(12-27-13-19)17-7-8-23-21(10-17)26(31-30-23)24-11-20-22(16-5-3-4-6-16)14-28-15-25(20)29-24/h3,5-15,29H,4H2,1-2H3,(H,30,31). The van der Waals surface area contributed by atoms with E-state index in [0.29, 0.717) is 0 Å². The van der Waals surface area contributed by atoms with E-state index in [0.717, 1.165) is 62.0 Å². The first kappa shape index (κ1) is 18.6. The molecule has 1 aromatic carbocycles. The fourth-order valence-corrected chi connectivity index (χ4v) is 4.30. The van der Waals surface area contributed by atoms with E-state index in [1.165, 1.54) is 5.57 Å². The lowest BCUT2D eigenvalue weighted by molar-refractivity contribution is 1.11. The zero-order valence-electron chi connectivity index (χ0n) is 17.9. The predicted molar refractivity (Wildman–Crippen MR) is 130 cm³/mol. The van der Waals surface area contributed by atoms with Gasteiger partial charge >= 0.3 is 0 Å². The molecule has 0 bridgehead atoms. The van der Waals surface area contributed by atoms with Crippen LogP contribution in [0.3, 0.4) is 0 Å². The number of aromatic amines is 2. The van der Waals surface area contributed by atoms with Gasteiger partial charge in [-0.25, -0.2) is 0 Å². The normalized spacial score (nSPS) is 13.2. The summed E-state index contributed by atoms with van der Waals surface area (Å²) in [7, 11) is 4.04. The number of H-pyrrole nitrogens is 2. The minimum absolute atomic E-state index is 0.900. The second kappa shape index (κ2) is 7.20. The summed E-state index contributed by atoms with van der Waals surface area (Å²) in [5.74, 6) is 0. The zero-order chi connectivity index (χ0) is 21.7. The Morgan fingerprint density at radius 3 is 2.62 bits per heavy atom. The largest absolute Gasteiger partial charge is 0.376 e. The number of benzene rings is 1. The predicted octanol–water partition coefficient (Wildman–Crippen LogP) is 5.58. The minimum atomic E-state index is 0.900. The van der Waals surface area contributed by atoms with Gasteiger partial charge in [-0.3, -0.25) is 15.1 Å². The molecule has 1 aliphatic rings. The second-order valence-electron chi connectivity index (χ2n) is 8.29. The van der Waals surface area contributed by atoms with Gasteiger partial charge in [0.25, 0.3) is 0 Å². The molecule has 0 saturated carbocycles. The summed E-state index contributed by atoms with van der Waals surface area (Å²) >= 11 is 0. The van der Waals surface area contributed by atoms with Crippen LogP contribution in [0.4, 0.5) is 5.69 Å². The monoisotopic (exact) mass is 418 g/mol. The van der Waals surface area contributed by atoms with Crippen LogP contribution in [0.2, 0.25) is 0 Å². The van der Waals surface area contributed by atoms with Crippen LogP contribution in [0.1, 0.15) is 12.0 Å². The topological polar surface area (TPSA) is 73.5 Å². The fraction of sp³-hybridized carbons (Fsp3) is 0.115. The highest BCUT2D eigenvalue weighted by Crippen LogP contribution is 2.35. The molecule has 0 spiro atoms. The van der Waals surface area contributed by atoms with Gasteiger partial charge in [-0.05, 0) is 41.8 Å². The average molecular weight is 419 g/mol. The Hall–Kier alpha value is -4.19. The summed E-state index contributed by atoms with van der Waals surface area (Å²) in [6.45, 7) is 0. The fourth-order valence-electron chi connectivity index (χ4n) is 4.30. The van der Waals surface area contributed by atoms with Crippen molar-refractivity contribution in [2.24, 2.45) is 0 Å². The highest BCUT2D eigenvalue weighted by atomic mass is 15.1. The van der Waals surface area contributed by atoms with E-state index in [2.05, 4.69) is 78.6 Å². The molecular weight excluding hydrogens is 396 g/mol. The van der Waals surface area contributed by atoms with Crippen LogP contribution in [0.5, 0.6) is 0 Å². The maximum absolute atomic E-state index is 4.64. The van der Waals surface area contributed by atoms with Crippen molar-refractivity contribution in [1.29, 1.82) is 0 Å². The van der Waals surface area contributed by atoms with Gasteiger partial charge in [-0.15, -0.1) is 0 Å². The molecule has 1 aliphatic carbocycles. The first-order valence-corrected chi connectivity index (χ1v) is 10.6. The number of hydrogen-bond donors (Lipinski definition) is 2. The van der Waals surface area contributed by atoms with E-state index in [1.54, 1.807) is 0 Å². The highest BCUT2D eigenvalue weighted by Gasteiger charge is 2.15. The average Bonchev–Trinajstić information content (AvgIpc) is 3.57. The smallest absolute Gasteiger partial charge is 0.116 e. The molecule has 5 aromatic rings. The van der Waals surface area contributed by atoms with E-state index in [-0.39, 0.29) is 0 Å². The van der Waals surface area contributed by atoms with Gasteiger partial charge < -0.3 is 9.88 Å². The van der Waals surface area contributed by atoms with Gasteiger partial charge in [0, 0.05) is 48.4 Å². The van der Waals surface area contributed by atoms with Gasteiger partial charge in [0.1, 0.15) is 5.69 Å². The van der Waals surface area contributed by atoms with Crippen LogP contribution in [-0.2, 0) is 0 Å². The van der Waals surface area contributed by atoms with E-state index in [9.17, 15) is 0 Å². The number of rotatable bonds is 4. The molecular formula is C26H22N6. The Balaban J connectivity index is 1.48. The number of anilines is 1. The molecule has 6 heteroatoms. The van der Waals surface area contributed by atoms with E-state index in [4.69, 9.17) is 0 Å². The van der Waals surface area contributed by atoms with E-state index >= 15 is 0 Å². The number of aromatic nitrogens is 5. The Bertz CT molecular complexity index is 1530. The number of allylic oxidation sites excluding steroid dienone is 4. The Kier molecular flexibility index (Phi) is 4.18. The van der Waals surface area contributed by atoms with Crippen molar-refractivity contribution in [3.8, 4) is 22.5 Å². The van der Waals surface area contributed by atoms with Crippen molar-refractivity contribution in [2.75, 3.05) is 19.0 Å². The summed E-state index contributed by atoms with van der Waals surface area (Å²) in [5.41, 5.74) is 9.50. The summed E-state index contributed by atoms with van der Waals surface area (Å²) in [6.07, 6.45) is 15.1. The molecule has 4 heterocycles. The molecule has 0 aliphatic heterocycles. The number of fused-ring (bicyclic) bond motifs is 2. The Labute approximate surface area is 185 Å². The number of hydrogen-bond acceptors (Lipinski definition) is 4. The third-order valence-corrected chi connectivity index (χ3v) is 6.02. The SMILES string of the molecule is CN(C)c1cncc(-c2ccc3[nH]nc(-c4cc5c(C6=CCC=C6)cncc5[nH]4)c3c2)c1. The molecule has 156 valence electrons. The molecule has 6 rings (SSSR count). The van der Waals surface area contributed by atoms with Gasteiger partial charge in [-0.2, -0.15) is 5.10 Å². The lowest BCUT2D eigenvalue weighted by atomic mass is 10.0. The van der Waals surface area contributed by atoms with E-state index in [1.807, 2.05) is 38.9 Å². The molecule has 0 unspecified atom stereocenters. The first-order valence-electron chi connectivity index (χ1n) is 10.6. The summed E-state index contributed by atoms with van der Waals surface area (Å²) < 4.78 is 0. The molecule has 0 radical (unpaired) electrons. The maximum atomic E-state index is 4.64. The maximum Gasteiger partial charge on any atom is 0.116 e. The van der Waals surface area contributed by atoms with Crippen LogP contribution >= 0.6 is 0 Å². The summed E-state index contributed by atoms with van der Waals surface area (Å²) in [6, 6.07) is 10.7. The third kappa shape index (κ3) is 3.00. The zero-order valence-corrected chi connectivity index (χ0v) is 17.9. The lowest BCUT2D eigenvalue weighted by Crippen LogP contribution is -2.08.